The average molecular weight is 230 g/mol. The predicted molar refractivity (Wildman–Crippen MR) is 55.2 cm³/mol. The Morgan fingerprint density at radius 3 is 2.56 bits per heavy atom. The van der Waals surface area contributed by atoms with E-state index in [4.69, 9.17) is 0 Å². The minimum Gasteiger partial charge on any atom is -0.356 e. The van der Waals surface area contributed by atoms with Gasteiger partial charge in [0, 0.05) is 19.3 Å². The van der Waals surface area contributed by atoms with Gasteiger partial charge in [0.2, 0.25) is 0 Å². The second-order valence-corrected chi connectivity index (χ2v) is 4.24. The maximum absolute atomic E-state index is 12.3. The molecule has 0 spiro atoms. The molecule has 0 amide bonds. The molecule has 1 aromatic rings. The van der Waals surface area contributed by atoms with Crippen molar-refractivity contribution in [2.24, 2.45) is 5.92 Å². The Morgan fingerprint density at radius 1 is 1.38 bits per heavy atom. The molecule has 2 heterocycles. The molecule has 88 valence electrons. The summed E-state index contributed by atoms with van der Waals surface area (Å²) in [6.07, 6.45) is -2.33. The van der Waals surface area contributed by atoms with Crippen molar-refractivity contribution in [3.05, 3.63) is 23.9 Å². The monoisotopic (exact) mass is 230 g/mol. The van der Waals surface area contributed by atoms with Crippen LogP contribution in [0, 0.1) is 5.92 Å². The molecule has 1 fully saturated rings. The van der Waals surface area contributed by atoms with Crippen molar-refractivity contribution >= 4 is 5.82 Å². The maximum Gasteiger partial charge on any atom is 0.417 e. The summed E-state index contributed by atoms with van der Waals surface area (Å²) in [5.41, 5.74) is -0.691. The van der Waals surface area contributed by atoms with Crippen LogP contribution in [0.15, 0.2) is 18.3 Å². The van der Waals surface area contributed by atoms with Crippen molar-refractivity contribution in [1.82, 2.24) is 4.98 Å². The van der Waals surface area contributed by atoms with Crippen LogP contribution in [-0.2, 0) is 6.18 Å². The lowest BCUT2D eigenvalue weighted by molar-refractivity contribution is -0.137. The lowest BCUT2D eigenvalue weighted by Crippen LogP contribution is -2.20. The van der Waals surface area contributed by atoms with E-state index in [9.17, 15) is 13.2 Å². The zero-order chi connectivity index (χ0) is 11.8. The standard InChI is InChI=1S/C11H13F3N2/c1-8-4-5-16(7-8)10-3-2-9(6-15-10)11(12,13)14/h2-3,6,8H,4-5,7H2,1H3/t8-/m1/s1. The van der Waals surface area contributed by atoms with E-state index >= 15 is 0 Å². The normalized spacial score (nSPS) is 21.5. The Labute approximate surface area is 92.1 Å². The van der Waals surface area contributed by atoms with Gasteiger partial charge in [-0.2, -0.15) is 13.2 Å². The van der Waals surface area contributed by atoms with Gasteiger partial charge in [-0.25, -0.2) is 4.98 Å². The first-order valence-corrected chi connectivity index (χ1v) is 5.25. The highest BCUT2D eigenvalue weighted by atomic mass is 19.4. The number of hydrogen-bond acceptors (Lipinski definition) is 2. The van der Waals surface area contributed by atoms with Crippen molar-refractivity contribution in [2.75, 3.05) is 18.0 Å². The molecule has 1 atom stereocenters. The summed E-state index contributed by atoms with van der Waals surface area (Å²) in [5.74, 6) is 1.22. The molecule has 1 aliphatic rings. The number of rotatable bonds is 1. The Morgan fingerprint density at radius 2 is 2.12 bits per heavy atom. The molecule has 0 N–H and O–H groups in total. The van der Waals surface area contributed by atoms with E-state index in [0.29, 0.717) is 11.7 Å². The SMILES string of the molecule is C[C@@H]1CCN(c2ccc(C(F)(F)F)cn2)C1. The highest BCUT2D eigenvalue weighted by Crippen LogP contribution is 2.30. The molecule has 1 aliphatic heterocycles. The van der Waals surface area contributed by atoms with Crippen LogP contribution < -0.4 is 4.90 Å². The van der Waals surface area contributed by atoms with E-state index in [-0.39, 0.29) is 0 Å². The first kappa shape index (κ1) is 11.2. The number of hydrogen-bond donors (Lipinski definition) is 0. The summed E-state index contributed by atoms with van der Waals surface area (Å²) < 4.78 is 36.9. The summed E-state index contributed by atoms with van der Waals surface area (Å²) in [5, 5.41) is 0. The molecule has 1 aromatic heterocycles. The first-order chi connectivity index (χ1) is 7.47. The topological polar surface area (TPSA) is 16.1 Å². The number of nitrogens with zero attached hydrogens (tertiary/aromatic N) is 2. The largest absolute Gasteiger partial charge is 0.417 e. The van der Waals surface area contributed by atoms with Crippen LogP contribution in [0.1, 0.15) is 18.9 Å². The second kappa shape index (κ2) is 3.96. The zero-order valence-corrected chi connectivity index (χ0v) is 8.96. The number of pyridine rings is 1. The molecule has 16 heavy (non-hydrogen) atoms. The molecule has 1 saturated heterocycles. The zero-order valence-electron chi connectivity index (χ0n) is 8.96. The smallest absolute Gasteiger partial charge is 0.356 e. The molecule has 0 aromatic carbocycles. The van der Waals surface area contributed by atoms with Crippen molar-refractivity contribution in [3.63, 3.8) is 0 Å². The van der Waals surface area contributed by atoms with E-state index in [1.807, 2.05) is 4.90 Å². The summed E-state index contributed by atoms with van der Waals surface area (Å²) in [7, 11) is 0. The van der Waals surface area contributed by atoms with Crippen LogP contribution in [0.2, 0.25) is 0 Å². The number of aromatic nitrogens is 1. The van der Waals surface area contributed by atoms with Crippen LogP contribution >= 0.6 is 0 Å². The summed E-state index contributed by atoms with van der Waals surface area (Å²) in [6, 6.07) is 2.53. The molecular weight excluding hydrogens is 217 g/mol. The minimum absolute atomic E-state index is 0.587. The van der Waals surface area contributed by atoms with Crippen LogP contribution in [0.4, 0.5) is 19.0 Å². The van der Waals surface area contributed by atoms with Crippen molar-refractivity contribution in [1.29, 1.82) is 0 Å². The third-order valence-corrected chi connectivity index (χ3v) is 2.82. The van der Waals surface area contributed by atoms with E-state index in [1.54, 1.807) is 0 Å². The molecular formula is C11H13F3N2. The van der Waals surface area contributed by atoms with Crippen molar-refractivity contribution in [3.8, 4) is 0 Å². The molecule has 0 aliphatic carbocycles. The summed E-state index contributed by atoms with van der Waals surface area (Å²) in [4.78, 5) is 5.89. The van der Waals surface area contributed by atoms with Crippen molar-refractivity contribution < 1.29 is 13.2 Å². The fourth-order valence-electron chi connectivity index (χ4n) is 1.88. The molecule has 0 bridgehead atoms. The number of alkyl halides is 3. The highest BCUT2D eigenvalue weighted by molar-refractivity contribution is 5.40. The van der Waals surface area contributed by atoms with Gasteiger partial charge in [-0.15, -0.1) is 0 Å². The Hall–Kier alpha value is -1.26. The number of anilines is 1. The third-order valence-electron chi connectivity index (χ3n) is 2.82. The van der Waals surface area contributed by atoms with Crippen LogP contribution in [0.3, 0.4) is 0 Å². The molecule has 0 saturated carbocycles. The van der Waals surface area contributed by atoms with Gasteiger partial charge in [-0.1, -0.05) is 6.92 Å². The van der Waals surface area contributed by atoms with Gasteiger partial charge in [0.05, 0.1) is 5.56 Å². The summed E-state index contributed by atoms with van der Waals surface area (Å²) in [6.45, 7) is 3.88. The Balaban J connectivity index is 2.14. The molecule has 5 heteroatoms. The van der Waals surface area contributed by atoms with Gasteiger partial charge in [-0.05, 0) is 24.5 Å². The fraction of sp³-hybridized carbons (Fsp3) is 0.545. The average Bonchev–Trinajstić information content (AvgIpc) is 2.64. The highest BCUT2D eigenvalue weighted by Gasteiger charge is 2.31. The molecule has 2 rings (SSSR count). The lowest BCUT2D eigenvalue weighted by atomic mass is 10.2. The second-order valence-electron chi connectivity index (χ2n) is 4.24. The van der Waals surface area contributed by atoms with Crippen LogP contribution in [0.5, 0.6) is 0 Å². The van der Waals surface area contributed by atoms with E-state index < -0.39 is 11.7 Å². The minimum atomic E-state index is -4.30. The molecule has 0 unspecified atom stereocenters. The van der Waals surface area contributed by atoms with E-state index in [2.05, 4.69) is 11.9 Å². The third kappa shape index (κ3) is 2.28. The predicted octanol–water partition coefficient (Wildman–Crippen LogP) is 2.95. The maximum atomic E-state index is 12.3. The lowest BCUT2D eigenvalue weighted by Gasteiger charge is -2.17. The Kier molecular flexibility index (Phi) is 2.78. The van der Waals surface area contributed by atoms with E-state index in [0.717, 1.165) is 31.8 Å². The van der Waals surface area contributed by atoms with Gasteiger partial charge in [0.25, 0.3) is 0 Å². The van der Waals surface area contributed by atoms with Gasteiger partial charge in [0.1, 0.15) is 5.82 Å². The molecule has 0 radical (unpaired) electrons. The van der Waals surface area contributed by atoms with Gasteiger partial charge >= 0.3 is 6.18 Å². The quantitative estimate of drug-likeness (QED) is 0.737. The van der Waals surface area contributed by atoms with Crippen LogP contribution in [-0.4, -0.2) is 18.1 Å². The van der Waals surface area contributed by atoms with Gasteiger partial charge in [0.15, 0.2) is 0 Å². The van der Waals surface area contributed by atoms with Gasteiger partial charge < -0.3 is 4.90 Å². The van der Waals surface area contributed by atoms with Crippen molar-refractivity contribution in [2.45, 2.75) is 19.5 Å². The number of halogens is 3. The van der Waals surface area contributed by atoms with E-state index in [1.165, 1.54) is 6.07 Å². The first-order valence-electron chi connectivity index (χ1n) is 5.25. The molecule has 2 nitrogen and oxygen atoms in total. The van der Waals surface area contributed by atoms with Crippen LogP contribution in [0.25, 0.3) is 0 Å². The Bertz CT molecular complexity index is 358. The van der Waals surface area contributed by atoms with Gasteiger partial charge in [-0.3, -0.25) is 0 Å². The fourth-order valence-corrected chi connectivity index (χ4v) is 1.88. The summed E-state index contributed by atoms with van der Waals surface area (Å²) >= 11 is 0.